The Labute approximate surface area is 203 Å². The molecule has 1 N–H and O–H groups in total. The Bertz CT molecular complexity index is 1460. The molecular weight excluding hydrogens is 440 g/mol. The third-order valence-electron chi connectivity index (χ3n) is 6.07. The van der Waals surface area contributed by atoms with Crippen LogP contribution in [0.1, 0.15) is 22.8 Å². The number of aromatic nitrogens is 3. The first-order chi connectivity index (χ1) is 17.1. The molecule has 0 bridgehead atoms. The Morgan fingerprint density at radius 2 is 2.00 bits per heavy atom. The molecular formula is C27H24N6O2. The standard InChI is InChI=1S/C27H24N6O2/c1-17-16-33(11-10-29-17)27(34)19-7-5-6-18(12-19)24-22-8-3-4-9-23(22)31-25(32-24)21-13-20(14-28)26(35-2)30-15-21/h3-9,12-13,15,17,29H,10-11,16H2,1-2H3/t17-/m1/s1. The zero-order valence-corrected chi connectivity index (χ0v) is 19.5. The summed E-state index contributed by atoms with van der Waals surface area (Å²) in [5.74, 6) is 0.709. The number of nitrogens with one attached hydrogen (secondary N) is 1. The van der Waals surface area contributed by atoms with E-state index in [0.717, 1.165) is 23.0 Å². The van der Waals surface area contributed by atoms with Gasteiger partial charge < -0.3 is 15.0 Å². The van der Waals surface area contributed by atoms with Gasteiger partial charge in [0.25, 0.3) is 5.91 Å². The molecule has 8 heteroatoms. The summed E-state index contributed by atoms with van der Waals surface area (Å²) in [7, 11) is 1.48. The molecule has 35 heavy (non-hydrogen) atoms. The van der Waals surface area contributed by atoms with Crippen LogP contribution in [-0.4, -0.2) is 58.5 Å². The summed E-state index contributed by atoms with van der Waals surface area (Å²) in [6.45, 7) is 4.22. The summed E-state index contributed by atoms with van der Waals surface area (Å²) in [5.41, 5.74) is 3.83. The van der Waals surface area contributed by atoms with Gasteiger partial charge in [-0.3, -0.25) is 4.79 Å². The molecule has 4 aromatic rings. The highest BCUT2D eigenvalue weighted by Crippen LogP contribution is 2.30. The van der Waals surface area contributed by atoms with Crippen molar-refractivity contribution in [3.8, 4) is 34.6 Å². The van der Waals surface area contributed by atoms with Crippen molar-refractivity contribution in [3.05, 3.63) is 71.9 Å². The van der Waals surface area contributed by atoms with Gasteiger partial charge in [-0.1, -0.05) is 30.3 Å². The molecule has 8 nitrogen and oxygen atoms in total. The molecule has 2 aromatic carbocycles. The maximum atomic E-state index is 13.2. The van der Waals surface area contributed by atoms with Gasteiger partial charge in [-0.15, -0.1) is 0 Å². The summed E-state index contributed by atoms with van der Waals surface area (Å²) >= 11 is 0. The molecule has 0 spiro atoms. The van der Waals surface area contributed by atoms with Crippen molar-refractivity contribution in [2.75, 3.05) is 26.7 Å². The Balaban J connectivity index is 1.60. The molecule has 5 rings (SSSR count). The fourth-order valence-electron chi connectivity index (χ4n) is 4.34. The molecule has 0 aliphatic carbocycles. The number of benzene rings is 2. The van der Waals surface area contributed by atoms with Crippen LogP contribution in [0.4, 0.5) is 0 Å². The van der Waals surface area contributed by atoms with Gasteiger partial charge in [0.2, 0.25) is 5.88 Å². The number of pyridine rings is 1. The highest BCUT2D eigenvalue weighted by atomic mass is 16.5. The number of nitriles is 1. The molecule has 1 atom stereocenters. The Morgan fingerprint density at radius 3 is 2.80 bits per heavy atom. The molecule has 3 heterocycles. The molecule has 1 amide bonds. The number of hydrogen-bond donors (Lipinski definition) is 1. The summed E-state index contributed by atoms with van der Waals surface area (Å²) < 4.78 is 5.17. The minimum absolute atomic E-state index is 0.0109. The van der Waals surface area contributed by atoms with Crippen molar-refractivity contribution in [2.45, 2.75) is 13.0 Å². The number of rotatable bonds is 4. The first-order valence-electron chi connectivity index (χ1n) is 11.4. The Hall–Kier alpha value is -4.35. The molecule has 1 aliphatic rings. The maximum absolute atomic E-state index is 13.2. The molecule has 0 unspecified atom stereocenters. The minimum Gasteiger partial charge on any atom is -0.480 e. The van der Waals surface area contributed by atoms with Gasteiger partial charge in [0, 0.05) is 53.9 Å². The number of fused-ring (bicyclic) bond motifs is 1. The van der Waals surface area contributed by atoms with Crippen LogP contribution in [0.3, 0.4) is 0 Å². The number of piperazine rings is 1. The molecule has 1 fully saturated rings. The van der Waals surface area contributed by atoms with Crippen LogP contribution < -0.4 is 10.1 Å². The van der Waals surface area contributed by atoms with Crippen LogP contribution in [0, 0.1) is 11.3 Å². The van der Waals surface area contributed by atoms with Crippen molar-refractivity contribution < 1.29 is 9.53 Å². The van der Waals surface area contributed by atoms with Crippen LogP contribution in [0.2, 0.25) is 0 Å². The van der Waals surface area contributed by atoms with E-state index in [1.807, 2.05) is 53.4 Å². The minimum atomic E-state index is 0.0109. The lowest BCUT2D eigenvalue weighted by atomic mass is 10.0. The molecule has 1 aliphatic heterocycles. The van der Waals surface area contributed by atoms with Crippen LogP contribution in [0.25, 0.3) is 33.5 Å². The number of para-hydroxylation sites is 1. The molecule has 2 aromatic heterocycles. The third-order valence-corrected chi connectivity index (χ3v) is 6.07. The van der Waals surface area contributed by atoms with Gasteiger partial charge in [0.1, 0.15) is 11.6 Å². The van der Waals surface area contributed by atoms with E-state index < -0.39 is 0 Å². The summed E-state index contributed by atoms with van der Waals surface area (Å²) in [6, 6.07) is 19.3. The van der Waals surface area contributed by atoms with E-state index in [9.17, 15) is 10.1 Å². The Kier molecular flexibility index (Phi) is 6.08. The topological polar surface area (TPSA) is 104 Å². The maximum Gasteiger partial charge on any atom is 0.253 e. The van der Waals surface area contributed by atoms with Gasteiger partial charge in [0.05, 0.1) is 18.3 Å². The second-order valence-corrected chi connectivity index (χ2v) is 8.49. The predicted octanol–water partition coefficient (Wildman–Crippen LogP) is 3.67. The van der Waals surface area contributed by atoms with E-state index in [0.29, 0.717) is 41.3 Å². The lowest BCUT2D eigenvalue weighted by Gasteiger charge is -2.32. The average molecular weight is 465 g/mol. The zero-order chi connectivity index (χ0) is 24.4. The zero-order valence-electron chi connectivity index (χ0n) is 19.5. The molecule has 0 radical (unpaired) electrons. The van der Waals surface area contributed by atoms with Crippen LogP contribution in [0.5, 0.6) is 5.88 Å². The van der Waals surface area contributed by atoms with Crippen molar-refractivity contribution in [1.29, 1.82) is 5.26 Å². The van der Waals surface area contributed by atoms with Crippen molar-refractivity contribution in [3.63, 3.8) is 0 Å². The Morgan fingerprint density at radius 1 is 1.14 bits per heavy atom. The number of carbonyl (C=O) groups is 1. The molecule has 0 saturated carbocycles. The van der Waals surface area contributed by atoms with Gasteiger partial charge in [-0.2, -0.15) is 5.26 Å². The second-order valence-electron chi connectivity index (χ2n) is 8.49. The van der Waals surface area contributed by atoms with Gasteiger partial charge in [-0.05, 0) is 31.2 Å². The van der Waals surface area contributed by atoms with E-state index in [1.165, 1.54) is 7.11 Å². The van der Waals surface area contributed by atoms with Crippen molar-refractivity contribution >= 4 is 16.8 Å². The lowest BCUT2D eigenvalue weighted by Crippen LogP contribution is -2.51. The summed E-state index contributed by atoms with van der Waals surface area (Å²) in [6.07, 6.45) is 1.60. The smallest absolute Gasteiger partial charge is 0.253 e. The number of nitrogens with zero attached hydrogens (tertiary/aromatic N) is 5. The van der Waals surface area contributed by atoms with Crippen LogP contribution in [0.15, 0.2) is 60.8 Å². The van der Waals surface area contributed by atoms with E-state index in [1.54, 1.807) is 12.3 Å². The van der Waals surface area contributed by atoms with Crippen LogP contribution in [-0.2, 0) is 0 Å². The molecule has 174 valence electrons. The summed E-state index contributed by atoms with van der Waals surface area (Å²) in [5, 5.41) is 13.7. The molecule has 1 saturated heterocycles. The number of amides is 1. The second kappa shape index (κ2) is 9.49. The first-order valence-corrected chi connectivity index (χ1v) is 11.4. The van der Waals surface area contributed by atoms with E-state index in [4.69, 9.17) is 14.7 Å². The van der Waals surface area contributed by atoms with E-state index >= 15 is 0 Å². The van der Waals surface area contributed by atoms with Crippen molar-refractivity contribution in [1.82, 2.24) is 25.2 Å². The fraction of sp³-hybridized carbons (Fsp3) is 0.222. The SMILES string of the molecule is COc1ncc(-c2nc(-c3cccc(C(=O)N4CCN[C@H](C)C4)c3)c3ccccc3n2)cc1C#N. The quantitative estimate of drug-likeness (QED) is 0.491. The highest BCUT2D eigenvalue weighted by molar-refractivity contribution is 5.98. The largest absolute Gasteiger partial charge is 0.480 e. The average Bonchev–Trinajstić information content (AvgIpc) is 2.91. The number of hydrogen-bond acceptors (Lipinski definition) is 7. The number of carbonyl (C=O) groups excluding carboxylic acids is 1. The first kappa shape index (κ1) is 22.4. The number of methoxy groups -OCH3 is 1. The highest BCUT2D eigenvalue weighted by Gasteiger charge is 2.22. The van der Waals surface area contributed by atoms with Gasteiger partial charge in [-0.25, -0.2) is 15.0 Å². The summed E-state index contributed by atoms with van der Waals surface area (Å²) in [4.78, 5) is 28.9. The predicted molar refractivity (Wildman–Crippen MR) is 133 cm³/mol. The lowest BCUT2D eigenvalue weighted by molar-refractivity contribution is 0.0709. The monoisotopic (exact) mass is 464 g/mol. The normalized spacial score (nSPS) is 15.6. The third kappa shape index (κ3) is 4.42. The van der Waals surface area contributed by atoms with E-state index in [-0.39, 0.29) is 17.8 Å². The van der Waals surface area contributed by atoms with E-state index in [2.05, 4.69) is 23.3 Å². The van der Waals surface area contributed by atoms with Gasteiger partial charge in [0.15, 0.2) is 5.82 Å². The van der Waals surface area contributed by atoms with Crippen molar-refractivity contribution in [2.24, 2.45) is 0 Å². The fourth-order valence-corrected chi connectivity index (χ4v) is 4.34. The number of ether oxygens (including phenoxy) is 1. The van der Waals surface area contributed by atoms with Crippen LogP contribution >= 0.6 is 0 Å². The van der Waals surface area contributed by atoms with Gasteiger partial charge >= 0.3 is 0 Å².